The maximum Gasteiger partial charge on any atom is 0.126 e. The van der Waals surface area contributed by atoms with Gasteiger partial charge in [0, 0.05) is 35.9 Å². The number of phenolic OH excluding ortho intramolecular Hbond substituents is 1. The van der Waals surface area contributed by atoms with E-state index in [1.165, 1.54) is 17.3 Å². The van der Waals surface area contributed by atoms with E-state index in [2.05, 4.69) is 11.5 Å². The average Bonchev–Trinajstić information content (AvgIpc) is 3.05. The van der Waals surface area contributed by atoms with Gasteiger partial charge in [-0.3, -0.25) is 0 Å². The zero-order valence-electron chi connectivity index (χ0n) is 18.6. The number of nitrogens with zero attached hydrogens (tertiary/aromatic N) is 1. The number of phenols is 1. The third kappa shape index (κ3) is 4.64. The Bertz CT molecular complexity index is 940. The van der Waals surface area contributed by atoms with Crippen molar-refractivity contribution in [3.8, 4) is 11.4 Å². The molecule has 0 spiro atoms. The maximum atomic E-state index is 13.8. The molecule has 1 fully saturated rings. The van der Waals surface area contributed by atoms with Crippen LogP contribution in [0.4, 0.5) is 4.39 Å². The van der Waals surface area contributed by atoms with Crippen molar-refractivity contribution < 1.29 is 14.2 Å². The van der Waals surface area contributed by atoms with Gasteiger partial charge in [-0.25, -0.2) is 4.39 Å². The molecule has 0 radical (unpaired) electrons. The van der Waals surface area contributed by atoms with Gasteiger partial charge >= 0.3 is 0 Å². The van der Waals surface area contributed by atoms with Crippen molar-refractivity contribution >= 4 is 10.9 Å². The van der Waals surface area contributed by atoms with Gasteiger partial charge in [-0.2, -0.15) is 0 Å². The van der Waals surface area contributed by atoms with Gasteiger partial charge in [-0.05, 0) is 74.2 Å². The highest BCUT2D eigenvalue weighted by Crippen LogP contribution is 2.39. The van der Waals surface area contributed by atoms with Crippen molar-refractivity contribution in [2.24, 2.45) is 0 Å². The molecule has 3 nitrogen and oxygen atoms in total. The molecule has 1 saturated heterocycles. The summed E-state index contributed by atoms with van der Waals surface area (Å²) in [5.41, 5.74) is 5.07. The first kappa shape index (κ1) is 23.0. The lowest BCUT2D eigenvalue weighted by Crippen LogP contribution is -2.17. The van der Waals surface area contributed by atoms with Gasteiger partial charge < -0.3 is 14.4 Å². The highest BCUT2D eigenvalue weighted by molar-refractivity contribution is 5.88. The second-order valence-corrected chi connectivity index (χ2v) is 6.87. The molecule has 0 aliphatic carbocycles. The minimum atomic E-state index is -0.192. The van der Waals surface area contributed by atoms with Gasteiger partial charge in [0.15, 0.2) is 0 Å². The molecule has 2 aromatic carbocycles. The number of rotatable bonds is 2. The number of hydrogen-bond acceptors (Lipinski definition) is 2. The maximum absolute atomic E-state index is 13.8. The van der Waals surface area contributed by atoms with Crippen LogP contribution in [0.5, 0.6) is 5.75 Å². The lowest BCUT2D eigenvalue weighted by molar-refractivity contribution is 0.0841. The molecule has 0 amide bonds. The number of aryl methyl sites for hydroxylation is 2. The molecule has 0 bridgehead atoms. The largest absolute Gasteiger partial charge is 0.508 e. The van der Waals surface area contributed by atoms with Gasteiger partial charge in [-0.1, -0.05) is 27.7 Å². The minimum absolute atomic E-state index is 0.192. The van der Waals surface area contributed by atoms with E-state index in [1.807, 2.05) is 52.0 Å². The number of halogens is 1. The van der Waals surface area contributed by atoms with E-state index >= 15 is 0 Å². The van der Waals surface area contributed by atoms with Gasteiger partial charge in [0.05, 0.1) is 5.52 Å². The topological polar surface area (TPSA) is 34.4 Å². The zero-order chi connectivity index (χ0) is 21.6. The molecular formula is C25H34FNO2. The Kier molecular flexibility index (Phi) is 8.27. The Hall–Kier alpha value is -2.33. The van der Waals surface area contributed by atoms with Crippen molar-refractivity contribution in [1.82, 2.24) is 4.57 Å². The van der Waals surface area contributed by atoms with E-state index in [9.17, 15) is 9.50 Å². The fourth-order valence-electron chi connectivity index (χ4n) is 3.96. The van der Waals surface area contributed by atoms with Crippen LogP contribution in [0.2, 0.25) is 0 Å². The molecule has 3 aromatic rings. The molecule has 1 aliphatic rings. The van der Waals surface area contributed by atoms with Crippen LogP contribution in [-0.2, 0) is 4.74 Å². The predicted molar refractivity (Wildman–Crippen MR) is 120 cm³/mol. The average molecular weight is 400 g/mol. The molecular weight excluding hydrogens is 365 g/mol. The fourth-order valence-corrected chi connectivity index (χ4v) is 3.96. The van der Waals surface area contributed by atoms with Crippen LogP contribution in [0.3, 0.4) is 0 Å². The summed E-state index contributed by atoms with van der Waals surface area (Å²) in [5, 5.41) is 11.0. The molecule has 29 heavy (non-hydrogen) atoms. The van der Waals surface area contributed by atoms with Crippen molar-refractivity contribution in [3.63, 3.8) is 0 Å². The predicted octanol–water partition coefficient (Wildman–Crippen LogP) is 7.04. The van der Waals surface area contributed by atoms with E-state index in [1.54, 1.807) is 13.0 Å². The van der Waals surface area contributed by atoms with Crippen molar-refractivity contribution in [2.75, 3.05) is 13.2 Å². The number of hydrogen-bond donors (Lipinski definition) is 1. The summed E-state index contributed by atoms with van der Waals surface area (Å²) in [6, 6.07) is 10.7. The molecule has 1 N–H and O–H groups in total. The molecule has 0 unspecified atom stereocenters. The lowest BCUT2D eigenvalue weighted by Gasteiger charge is -2.25. The summed E-state index contributed by atoms with van der Waals surface area (Å²) in [6.07, 6.45) is 1.95. The van der Waals surface area contributed by atoms with E-state index in [0.717, 1.165) is 42.6 Å². The smallest absolute Gasteiger partial charge is 0.126 e. The Morgan fingerprint density at radius 3 is 2.24 bits per heavy atom. The van der Waals surface area contributed by atoms with Crippen LogP contribution in [0.1, 0.15) is 63.3 Å². The van der Waals surface area contributed by atoms with Gasteiger partial charge in [0.25, 0.3) is 0 Å². The molecule has 2 heterocycles. The summed E-state index contributed by atoms with van der Waals surface area (Å²) < 4.78 is 21.5. The van der Waals surface area contributed by atoms with Crippen LogP contribution in [0, 0.1) is 19.7 Å². The normalized spacial score (nSPS) is 14.0. The second kappa shape index (κ2) is 10.4. The number of aromatic hydroxyl groups is 1. The lowest BCUT2D eigenvalue weighted by atomic mass is 9.93. The van der Waals surface area contributed by atoms with Crippen LogP contribution < -0.4 is 0 Å². The Balaban J connectivity index is 0.000000707. The van der Waals surface area contributed by atoms with E-state index in [0.29, 0.717) is 11.5 Å². The number of aromatic nitrogens is 1. The molecule has 1 aromatic heterocycles. The number of fused-ring (bicyclic) bond motifs is 1. The van der Waals surface area contributed by atoms with E-state index in [4.69, 9.17) is 4.74 Å². The number of ether oxygens (including phenoxy) is 1. The minimum Gasteiger partial charge on any atom is -0.508 e. The summed E-state index contributed by atoms with van der Waals surface area (Å²) >= 11 is 0. The van der Waals surface area contributed by atoms with E-state index in [-0.39, 0.29) is 11.6 Å². The molecule has 0 saturated carbocycles. The quantitative estimate of drug-likeness (QED) is 0.501. The highest BCUT2D eigenvalue weighted by Gasteiger charge is 2.25. The molecule has 4 heteroatoms. The first-order valence-electron chi connectivity index (χ1n) is 10.7. The van der Waals surface area contributed by atoms with Gasteiger partial charge in [-0.15, -0.1) is 0 Å². The summed E-state index contributed by atoms with van der Waals surface area (Å²) in [5.74, 6) is 0.470. The Morgan fingerprint density at radius 2 is 1.62 bits per heavy atom. The van der Waals surface area contributed by atoms with Crippen LogP contribution in [0.25, 0.3) is 16.6 Å². The van der Waals surface area contributed by atoms with Gasteiger partial charge in [0.1, 0.15) is 11.6 Å². The van der Waals surface area contributed by atoms with Crippen LogP contribution in [-0.4, -0.2) is 22.9 Å². The highest BCUT2D eigenvalue weighted by atomic mass is 19.1. The van der Waals surface area contributed by atoms with Crippen molar-refractivity contribution in [1.29, 1.82) is 0 Å². The summed E-state index contributed by atoms with van der Waals surface area (Å²) in [7, 11) is 0. The van der Waals surface area contributed by atoms with Gasteiger partial charge in [0.2, 0.25) is 0 Å². The Labute approximate surface area is 174 Å². The summed E-state index contributed by atoms with van der Waals surface area (Å²) in [6.45, 7) is 13.4. The molecule has 1 aliphatic heterocycles. The molecule has 0 atom stereocenters. The third-order valence-corrected chi connectivity index (χ3v) is 5.26. The second-order valence-electron chi connectivity index (χ2n) is 6.87. The Morgan fingerprint density at radius 1 is 0.966 bits per heavy atom. The molecule has 4 rings (SSSR count). The standard InChI is InChI=1S/C21H22FNO2.2C2H6/c1-13-11-16(3-5-19(13)22)23-20-6-4-17(24)12-18(20)14(2)21(23)15-7-9-25-10-8-15;2*1-2/h3-6,11-12,15,24H,7-10H2,1-2H3;2*1-2H3. The SMILES string of the molecule is CC.CC.Cc1cc(-n2c(C3CCOCC3)c(C)c3cc(O)ccc32)ccc1F. The van der Waals surface area contributed by atoms with Crippen LogP contribution in [0.15, 0.2) is 36.4 Å². The van der Waals surface area contributed by atoms with Crippen molar-refractivity contribution in [2.45, 2.75) is 60.3 Å². The van der Waals surface area contributed by atoms with E-state index < -0.39 is 0 Å². The summed E-state index contributed by atoms with van der Waals surface area (Å²) in [4.78, 5) is 0. The fraction of sp³-hybridized carbons (Fsp3) is 0.440. The van der Waals surface area contributed by atoms with Crippen LogP contribution >= 0.6 is 0 Å². The number of benzene rings is 2. The first-order chi connectivity index (χ1) is 14.1. The molecule has 158 valence electrons. The van der Waals surface area contributed by atoms with Crippen molar-refractivity contribution in [3.05, 3.63) is 59.0 Å². The third-order valence-electron chi connectivity index (χ3n) is 5.26. The first-order valence-corrected chi connectivity index (χ1v) is 10.7. The monoisotopic (exact) mass is 399 g/mol. The zero-order valence-corrected chi connectivity index (χ0v) is 18.6.